The predicted molar refractivity (Wildman–Crippen MR) is 82.4 cm³/mol. The minimum absolute atomic E-state index is 0.0794. The van der Waals surface area contributed by atoms with E-state index in [9.17, 15) is 0 Å². The Bertz CT molecular complexity index is 620. The highest BCUT2D eigenvalue weighted by Crippen LogP contribution is 2.37. The fraction of sp³-hybridized carbons (Fsp3) is 0.562. The predicted octanol–water partition coefficient (Wildman–Crippen LogP) is 4.38. The highest BCUT2D eigenvalue weighted by Gasteiger charge is 2.29. The third-order valence-corrected chi connectivity index (χ3v) is 4.48. The van der Waals surface area contributed by atoms with Gasteiger partial charge in [-0.15, -0.1) is 11.6 Å². The number of hydrogen-bond acceptors (Lipinski definition) is 2. The quantitative estimate of drug-likeness (QED) is 0.785. The Morgan fingerprint density at radius 1 is 1.40 bits per heavy atom. The van der Waals surface area contributed by atoms with E-state index in [1.165, 1.54) is 11.1 Å². The summed E-state index contributed by atoms with van der Waals surface area (Å²) in [4.78, 5) is 4.76. The lowest BCUT2D eigenvalue weighted by atomic mass is 10.2. The first kappa shape index (κ1) is 13.9. The van der Waals surface area contributed by atoms with Crippen LogP contribution in [0.1, 0.15) is 49.0 Å². The summed E-state index contributed by atoms with van der Waals surface area (Å²) in [7, 11) is 1.80. The summed E-state index contributed by atoms with van der Waals surface area (Å²) in [6.45, 7) is 4.09. The second kappa shape index (κ2) is 5.38. The van der Waals surface area contributed by atoms with Gasteiger partial charge >= 0.3 is 0 Å². The van der Waals surface area contributed by atoms with E-state index in [0.717, 1.165) is 30.6 Å². The number of imidazole rings is 1. The van der Waals surface area contributed by atoms with Crippen molar-refractivity contribution in [2.45, 2.75) is 50.6 Å². The van der Waals surface area contributed by atoms with Gasteiger partial charge in [-0.1, -0.05) is 6.07 Å². The average Bonchev–Trinajstić information content (AvgIpc) is 3.00. The molecule has 1 heterocycles. The lowest BCUT2D eigenvalue weighted by Crippen LogP contribution is -2.12. The molecule has 0 N–H and O–H groups in total. The average molecular weight is 293 g/mol. The van der Waals surface area contributed by atoms with Crippen molar-refractivity contribution in [3.05, 3.63) is 29.6 Å². The van der Waals surface area contributed by atoms with E-state index >= 15 is 0 Å². The molecular formula is C16H21ClN2O. The van der Waals surface area contributed by atoms with E-state index in [1.54, 1.807) is 7.11 Å². The molecule has 3 atom stereocenters. The topological polar surface area (TPSA) is 27.1 Å². The maximum atomic E-state index is 6.35. The van der Waals surface area contributed by atoms with Gasteiger partial charge in [0.05, 0.1) is 22.5 Å². The van der Waals surface area contributed by atoms with Crippen LogP contribution in [-0.4, -0.2) is 22.8 Å². The van der Waals surface area contributed by atoms with Crippen LogP contribution < -0.4 is 0 Å². The molecule has 3 unspecified atom stereocenters. The molecular weight excluding hydrogens is 272 g/mol. The minimum atomic E-state index is -0.0794. The van der Waals surface area contributed by atoms with Crippen molar-refractivity contribution in [1.29, 1.82) is 0 Å². The lowest BCUT2D eigenvalue weighted by Gasteiger charge is -2.18. The lowest BCUT2D eigenvalue weighted by molar-refractivity contribution is 0.106. The summed E-state index contributed by atoms with van der Waals surface area (Å²) in [6.07, 6.45) is 3.66. The van der Waals surface area contributed by atoms with Crippen molar-refractivity contribution in [2.24, 2.45) is 0 Å². The van der Waals surface area contributed by atoms with Crippen LogP contribution >= 0.6 is 11.6 Å². The maximum absolute atomic E-state index is 6.35. The van der Waals surface area contributed by atoms with Gasteiger partial charge in [0.25, 0.3) is 0 Å². The zero-order chi connectivity index (χ0) is 14.3. The maximum Gasteiger partial charge on any atom is 0.127 e. The number of methoxy groups -OCH3 is 1. The Morgan fingerprint density at radius 2 is 2.20 bits per heavy atom. The van der Waals surface area contributed by atoms with Gasteiger partial charge in [-0.2, -0.15) is 0 Å². The molecule has 4 heteroatoms. The molecule has 3 rings (SSSR count). The summed E-state index contributed by atoms with van der Waals surface area (Å²) in [5.41, 5.74) is 3.48. The second-order valence-electron chi connectivity index (χ2n) is 5.77. The van der Waals surface area contributed by atoms with Gasteiger partial charge in [0, 0.05) is 13.2 Å². The van der Waals surface area contributed by atoms with Crippen molar-refractivity contribution in [3.8, 4) is 0 Å². The number of aryl methyl sites for hydroxylation is 1. The van der Waals surface area contributed by atoms with E-state index in [0.29, 0.717) is 12.1 Å². The second-order valence-corrected chi connectivity index (χ2v) is 6.43. The number of alkyl halides is 1. The summed E-state index contributed by atoms with van der Waals surface area (Å²) in [5, 5.41) is -0.0794. The number of fused-ring (bicyclic) bond motifs is 1. The normalized spacial score (nSPS) is 24.4. The van der Waals surface area contributed by atoms with E-state index in [4.69, 9.17) is 21.3 Å². The molecule has 2 aromatic rings. The standard InChI is InChI=1S/C16H21ClN2O/c1-10-4-7-15-14(8-10)18-16(11(2)17)19(15)12-5-6-13(9-12)20-3/h4,7-8,11-13H,5-6,9H2,1-3H3. The van der Waals surface area contributed by atoms with E-state index in [2.05, 4.69) is 29.7 Å². The van der Waals surface area contributed by atoms with Crippen molar-refractivity contribution in [3.63, 3.8) is 0 Å². The molecule has 1 aliphatic rings. The molecule has 108 valence electrons. The van der Waals surface area contributed by atoms with Gasteiger partial charge in [-0.25, -0.2) is 4.98 Å². The molecule has 0 bridgehead atoms. The summed E-state index contributed by atoms with van der Waals surface area (Å²) in [6, 6.07) is 6.90. The third kappa shape index (κ3) is 2.33. The van der Waals surface area contributed by atoms with E-state index in [1.807, 2.05) is 6.92 Å². The molecule has 0 aliphatic heterocycles. The Labute approximate surface area is 124 Å². The number of aromatic nitrogens is 2. The molecule has 1 saturated carbocycles. The first-order valence-electron chi connectivity index (χ1n) is 7.25. The summed E-state index contributed by atoms with van der Waals surface area (Å²) in [5.74, 6) is 0.981. The Kier molecular flexibility index (Phi) is 3.74. The Hall–Kier alpha value is -1.06. The van der Waals surface area contributed by atoms with Crippen LogP contribution in [0.5, 0.6) is 0 Å². The number of hydrogen-bond donors (Lipinski definition) is 0. The summed E-state index contributed by atoms with van der Waals surface area (Å²) >= 11 is 6.35. The number of ether oxygens (including phenoxy) is 1. The molecule has 0 saturated heterocycles. The smallest absolute Gasteiger partial charge is 0.127 e. The van der Waals surface area contributed by atoms with E-state index < -0.39 is 0 Å². The zero-order valence-electron chi connectivity index (χ0n) is 12.3. The van der Waals surface area contributed by atoms with Crippen LogP contribution in [-0.2, 0) is 4.74 Å². The van der Waals surface area contributed by atoms with Crippen LogP contribution in [0.15, 0.2) is 18.2 Å². The molecule has 0 spiro atoms. The molecule has 1 aromatic heterocycles. The number of nitrogens with zero attached hydrogens (tertiary/aromatic N) is 2. The van der Waals surface area contributed by atoms with Gasteiger partial charge in [-0.05, 0) is 50.8 Å². The van der Waals surface area contributed by atoms with Gasteiger partial charge in [0.2, 0.25) is 0 Å². The molecule has 0 amide bonds. The first-order chi connectivity index (χ1) is 9.60. The first-order valence-corrected chi connectivity index (χ1v) is 7.69. The Balaban J connectivity index is 2.10. The van der Waals surface area contributed by atoms with Crippen molar-refractivity contribution in [1.82, 2.24) is 9.55 Å². The molecule has 20 heavy (non-hydrogen) atoms. The molecule has 3 nitrogen and oxygen atoms in total. The number of rotatable bonds is 3. The van der Waals surface area contributed by atoms with Crippen LogP contribution in [0.4, 0.5) is 0 Å². The van der Waals surface area contributed by atoms with Gasteiger partial charge < -0.3 is 9.30 Å². The van der Waals surface area contributed by atoms with Crippen LogP contribution in [0, 0.1) is 6.92 Å². The SMILES string of the molecule is COC1CCC(n2c(C(C)Cl)nc3cc(C)ccc32)C1. The molecule has 1 aromatic carbocycles. The van der Waals surface area contributed by atoms with Crippen molar-refractivity contribution >= 4 is 22.6 Å². The van der Waals surface area contributed by atoms with Gasteiger partial charge in [0.1, 0.15) is 5.82 Å². The molecule has 1 aliphatic carbocycles. The largest absolute Gasteiger partial charge is 0.381 e. The van der Waals surface area contributed by atoms with Crippen molar-refractivity contribution in [2.75, 3.05) is 7.11 Å². The monoisotopic (exact) mass is 292 g/mol. The molecule has 1 fully saturated rings. The fourth-order valence-electron chi connectivity index (χ4n) is 3.26. The minimum Gasteiger partial charge on any atom is -0.381 e. The number of halogens is 1. The number of benzene rings is 1. The van der Waals surface area contributed by atoms with E-state index in [-0.39, 0.29) is 5.38 Å². The summed E-state index contributed by atoms with van der Waals surface area (Å²) < 4.78 is 7.84. The zero-order valence-corrected chi connectivity index (χ0v) is 13.0. The van der Waals surface area contributed by atoms with Gasteiger partial charge in [0.15, 0.2) is 0 Å². The molecule has 0 radical (unpaired) electrons. The van der Waals surface area contributed by atoms with Crippen LogP contribution in [0.25, 0.3) is 11.0 Å². The highest BCUT2D eigenvalue weighted by atomic mass is 35.5. The van der Waals surface area contributed by atoms with Gasteiger partial charge in [-0.3, -0.25) is 0 Å². The Morgan fingerprint density at radius 3 is 2.85 bits per heavy atom. The third-order valence-electron chi connectivity index (χ3n) is 4.28. The van der Waals surface area contributed by atoms with Crippen LogP contribution in [0.2, 0.25) is 0 Å². The fourth-order valence-corrected chi connectivity index (χ4v) is 3.41. The highest BCUT2D eigenvalue weighted by molar-refractivity contribution is 6.20. The van der Waals surface area contributed by atoms with Crippen LogP contribution in [0.3, 0.4) is 0 Å². The van der Waals surface area contributed by atoms with Crippen molar-refractivity contribution < 1.29 is 4.74 Å².